The zero-order valence-corrected chi connectivity index (χ0v) is 12.1. The molecule has 0 aromatic heterocycles. The Morgan fingerprint density at radius 1 is 1.24 bits per heavy atom. The Hall–Kier alpha value is -0.643. The predicted octanol–water partition coefficient (Wildman–Crippen LogP) is 2.11. The number of benzene rings is 1. The van der Waals surface area contributed by atoms with Crippen LogP contribution in [0.15, 0.2) is 24.3 Å². The van der Waals surface area contributed by atoms with Crippen molar-refractivity contribution in [3.8, 4) is 0 Å². The molecule has 1 atom stereocenters. The Morgan fingerprint density at radius 3 is 2.47 bits per heavy atom. The minimum Gasteiger partial charge on any atom is -0.380 e. The molecule has 1 fully saturated rings. The van der Waals surface area contributed by atoms with E-state index in [0.717, 1.165) is 26.2 Å². The van der Waals surface area contributed by atoms with Crippen molar-refractivity contribution in [3.05, 3.63) is 29.8 Å². The zero-order chi connectivity index (χ0) is 12.3. The molecule has 0 aliphatic carbocycles. The Bertz CT molecular complexity index is 349. The van der Waals surface area contributed by atoms with E-state index in [1.54, 1.807) is 0 Å². The van der Waals surface area contributed by atoms with E-state index in [0.29, 0.717) is 6.04 Å². The van der Waals surface area contributed by atoms with Crippen molar-refractivity contribution in [3.63, 3.8) is 0 Å². The van der Waals surface area contributed by atoms with E-state index in [-0.39, 0.29) is 0 Å². The Morgan fingerprint density at radius 2 is 1.94 bits per heavy atom. The van der Waals surface area contributed by atoms with Crippen molar-refractivity contribution < 1.29 is 4.74 Å². The maximum absolute atomic E-state index is 5.35. The molecule has 3 heteroatoms. The second-order valence-electron chi connectivity index (χ2n) is 5.89. The average molecular weight is 249 g/mol. The molecule has 94 valence electrons. The molecule has 0 radical (unpaired) electrons. The van der Waals surface area contributed by atoms with Gasteiger partial charge in [0.05, 0.1) is 14.7 Å². The van der Waals surface area contributed by atoms with Crippen LogP contribution in [0.4, 0.5) is 0 Å². The molecule has 1 aromatic rings. The van der Waals surface area contributed by atoms with Gasteiger partial charge in [-0.25, -0.2) is 0 Å². The SMILES string of the molecule is C[Si](C)(C)c1ccc(CNC2CCOC2)cc1. The van der Waals surface area contributed by atoms with Crippen LogP contribution in [0, 0.1) is 0 Å². The van der Waals surface area contributed by atoms with Crippen molar-refractivity contribution in [2.45, 2.75) is 38.6 Å². The van der Waals surface area contributed by atoms with Crippen LogP contribution in [0.2, 0.25) is 19.6 Å². The molecule has 17 heavy (non-hydrogen) atoms. The smallest absolute Gasteiger partial charge is 0.0775 e. The second-order valence-corrected chi connectivity index (χ2v) is 11.0. The van der Waals surface area contributed by atoms with Gasteiger partial charge in [-0.3, -0.25) is 0 Å². The highest BCUT2D eigenvalue weighted by molar-refractivity contribution is 6.88. The molecule has 0 bridgehead atoms. The van der Waals surface area contributed by atoms with Gasteiger partial charge in [-0.15, -0.1) is 0 Å². The lowest BCUT2D eigenvalue weighted by Gasteiger charge is -2.17. The fraction of sp³-hybridized carbons (Fsp3) is 0.571. The van der Waals surface area contributed by atoms with E-state index in [4.69, 9.17) is 4.74 Å². The molecule has 1 aromatic carbocycles. The van der Waals surface area contributed by atoms with Crippen LogP contribution in [0.25, 0.3) is 0 Å². The van der Waals surface area contributed by atoms with Gasteiger partial charge < -0.3 is 10.1 Å². The van der Waals surface area contributed by atoms with Crippen LogP contribution in [0.1, 0.15) is 12.0 Å². The third-order valence-electron chi connectivity index (χ3n) is 3.34. The van der Waals surface area contributed by atoms with E-state index < -0.39 is 8.07 Å². The highest BCUT2D eigenvalue weighted by Crippen LogP contribution is 2.07. The quantitative estimate of drug-likeness (QED) is 0.825. The normalized spacial score (nSPS) is 20.8. The van der Waals surface area contributed by atoms with E-state index in [9.17, 15) is 0 Å². The van der Waals surface area contributed by atoms with E-state index in [1.165, 1.54) is 10.8 Å². The molecule has 2 nitrogen and oxygen atoms in total. The molecule has 0 spiro atoms. The standard InChI is InChI=1S/C14H23NOSi/c1-17(2,3)14-6-4-12(5-7-14)10-15-13-8-9-16-11-13/h4-7,13,15H,8-11H2,1-3H3. The fourth-order valence-electron chi connectivity index (χ4n) is 2.08. The number of hydrogen-bond donors (Lipinski definition) is 1. The van der Waals surface area contributed by atoms with Crippen LogP contribution >= 0.6 is 0 Å². The zero-order valence-electron chi connectivity index (χ0n) is 11.1. The molecule has 0 saturated carbocycles. The lowest BCUT2D eigenvalue weighted by atomic mass is 10.2. The number of nitrogens with one attached hydrogen (secondary N) is 1. The van der Waals surface area contributed by atoms with E-state index in [2.05, 4.69) is 49.2 Å². The van der Waals surface area contributed by atoms with Gasteiger partial charge in [-0.2, -0.15) is 0 Å². The summed E-state index contributed by atoms with van der Waals surface area (Å²) in [5.74, 6) is 0. The second kappa shape index (κ2) is 5.34. The first-order chi connectivity index (χ1) is 8.05. The Labute approximate surface area is 105 Å². The van der Waals surface area contributed by atoms with Gasteiger partial charge in [-0.05, 0) is 12.0 Å². The van der Waals surface area contributed by atoms with Crippen LogP contribution < -0.4 is 10.5 Å². The van der Waals surface area contributed by atoms with Crippen molar-refractivity contribution >= 4 is 13.3 Å². The van der Waals surface area contributed by atoms with Gasteiger partial charge in [0, 0.05) is 19.2 Å². The highest BCUT2D eigenvalue weighted by atomic mass is 28.3. The molecule has 1 saturated heterocycles. The maximum atomic E-state index is 5.35. The Balaban J connectivity index is 1.89. The highest BCUT2D eigenvalue weighted by Gasteiger charge is 2.16. The van der Waals surface area contributed by atoms with E-state index in [1.807, 2.05) is 0 Å². The van der Waals surface area contributed by atoms with Crippen LogP contribution in [-0.2, 0) is 11.3 Å². The van der Waals surface area contributed by atoms with Gasteiger partial charge in [-0.1, -0.05) is 49.1 Å². The summed E-state index contributed by atoms with van der Waals surface area (Å²) in [4.78, 5) is 0. The fourth-order valence-corrected chi connectivity index (χ4v) is 3.25. The molecular weight excluding hydrogens is 226 g/mol. The molecular formula is C14H23NOSi. The minimum absolute atomic E-state index is 0.548. The summed E-state index contributed by atoms with van der Waals surface area (Å²) in [6, 6.07) is 9.67. The minimum atomic E-state index is -1.15. The predicted molar refractivity (Wildman–Crippen MR) is 75.5 cm³/mol. The first kappa shape index (κ1) is 12.8. The molecule has 1 heterocycles. The van der Waals surface area contributed by atoms with Crippen LogP contribution in [0.5, 0.6) is 0 Å². The summed E-state index contributed by atoms with van der Waals surface area (Å²) >= 11 is 0. The van der Waals surface area contributed by atoms with Gasteiger partial charge in [0.25, 0.3) is 0 Å². The summed E-state index contributed by atoms with van der Waals surface area (Å²) in [6.07, 6.45) is 1.15. The van der Waals surface area contributed by atoms with Crippen molar-refractivity contribution in [2.75, 3.05) is 13.2 Å². The van der Waals surface area contributed by atoms with E-state index >= 15 is 0 Å². The lowest BCUT2D eigenvalue weighted by Crippen LogP contribution is -2.37. The summed E-state index contributed by atoms with van der Waals surface area (Å²) in [5.41, 5.74) is 1.37. The monoisotopic (exact) mass is 249 g/mol. The first-order valence-electron chi connectivity index (χ1n) is 6.46. The lowest BCUT2D eigenvalue weighted by molar-refractivity contribution is 0.190. The van der Waals surface area contributed by atoms with Crippen molar-refractivity contribution in [1.82, 2.24) is 5.32 Å². The first-order valence-corrected chi connectivity index (χ1v) is 9.96. The summed E-state index contributed by atoms with van der Waals surface area (Å²) < 4.78 is 5.35. The maximum Gasteiger partial charge on any atom is 0.0775 e. The summed E-state index contributed by atoms with van der Waals surface area (Å²) in [7, 11) is -1.15. The van der Waals surface area contributed by atoms with Crippen molar-refractivity contribution in [1.29, 1.82) is 0 Å². The summed E-state index contributed by atoms with van der Waals surface area (Å²) in [5, 5.41) is 5.08. The average Bonchev–Trinajstić information content (AvgIpc) is 2.78. The molecule has 1 aliphatic heterocycles. The van der Waals surface area contributed by atoms with Gasteiger partial charge >= 0.3 is 0 Å². The third-order valence-corrected chi connectivity index (χ3v) is 5.41. The molecule has 1 N–H and O–H groups in total. The summed E-state index contributed by atoms with van der Waals surface area (Å²) in [6.45, 7) is 9.89. The Kier molecular flexibility index (Phi) is 4.02. The largest absolute Gasteiger partial charge is 0.380 e. The molecule has 1 aliphatic rings. The third kappa shape index (κ3) is 3.66. The van der Waals surface area contributed by atoms with Crippen LogP contribution in [0.3, 0.4) is 0 Å². The topological polar surface area (TPSA) is 21.3 Å². The van der Waals surface area contributed by atoms with Gasteiger partial charge in [0.15, 0.2) is 0 Å². The van der Waals surface area contributed by atoms with Crippen LogP contribution in [-0.4, -0.2) is 27.3 Å². The number of rotatable bonds is 4. The molecule has 0 amide bonds. The van der Waals surface area contributed by atoms with Gasteiger partial charge in [0.1, 0.15) is 0 Å². The van der Waals surface area contributed by atoms with Crippen molar-refractivity contribution in [2.24, 2.45) is 0 Å². The number of hydrogen-bond acceptors (Lipinski definition) is 2. The molecule has 2 rings (SSSR count). The van der Waals surface area contributed by atoms with Gasteiger partial charge in [0.2, 0.25) is 0 Å². The number of ether oxygens (including phenoxy) is 1. The molecule has 1 unspecified atom stereocenters.